The highest BCUT2D eigenvalue weighted by Crippen LogP contribution is 2.38. The number of aromatic nitrogens is 2. The molecule has 0 saturated carbocycles. The molecule has 9 nitrogen and oxygen atoms in total. The molecule has 26 heavy (non-hydrogen) atoms. The summed E-state index contributed by atoms with van der Waals surface area (Å²) in [7, 11) is 0. The van der Waals surface area contributed by atoms with Crippen molar-refractivity contribution >= 4 is 18.2 Å². The molecule has 11 heteroatoms. The SMILES string of the molecule is [2H]C([2H])(OC(=O)[C@@H](N)C(C)C)[C@@]1(F)O[C@@H](n2cc(C)c(=S)[nH]c2=O)[C@H](O)[C@@H]1O. The van der Waals surface area contributed by atoms with Gasteiger partial charge in [-0.05, 0) is 12.8 Å². The van der Waals surface area contributed by atoms with Crippen LogP contribution < -0.4 is 11.4 Å². The number of alkyl halides is 1. The van der Waals surface area contributed by atoms with Gasteiger partial charge in [0.15, 0.2) is 12.8 Å². The van der Waals surface area contributed by atoms with E-state index in [9.17, 15) is 19.8 Å². The molecule has 5 N–H and O–H groups in total. The summed E-state index contributed by atoms with van der Waals surface area (Å²) in [6, 6.07) is -1.25. The van der Waals surface area contributed by atoms with Crippen LogP contribution in [-0.2, 0) is 14.3 Å². The molecule has 2 rings (SSSR count). The number of esters is 1. The number of aliphatic hydroxyl groups excluding tert-OH is 2. The second-order valence-corrected chi connectivity index (χ2v) is 6.77. The maximum atomic E-state index is 15.3. The number of rotatable bonds is 5. The first-order valence-corrected chi connectivity index (χ1v) is 8.17. The molecule has 0 amide bonds. The summed E-state index contributed by atoms with van der Waals surface area (Å²) in [5.41, 5.74) is 5.07. The molecule has 0 spiro atoms. The zero-order chi connectivity index (χ0) is 21.6. The number of nitrogens with one attached hydrogen (secondary N) is 1. The zero-order valence-corrected chi connectivity index (χ0v) is 15.1. The predicted octanol–water partition coefficient (Wildman–Crippen LogP) is -0.343. The van der Waals surface area contributed by atoms with Crippen molar-refractivity contribution in [1.82, 2.24) is 9.55 Å². The summed E-state index contributed by atoms with van der Waals surface area (Å²) in [5, 5.41) is 20.3. The van der Waals surface area contributed by atoms with Gasteiger partial charge in [0.2, 0.25) is 0 Å². The molecule has 5 atom stereocenters. The van der Waals surface area contributed by atoms with Gasteiger partial charge in [-0.2, -0.15) is 0 Å². The Morgan fingerprint density at radius 3 is 2.85 bits per heavy atom. The van der Waals surface area contributed by atoms with Crippen molar-refractivity contribution in [2.24, 2.45) is 11.7 Å². The van der Waals surface area contributed by atoms with Crippen LogP contribution in [0.25, 0.3) is 0 Å². The van der Waals surface area contributed by atoms with Crippen molar-refractivity contribution < 1.29 is 31.6 Å². The third kappa shape index (κ3) is 3.86. The molecule has 1 aliphatic rings. The van der Waals surface area contributed by atoms with Gasteiger partial charge < -0.3 is 25.4 Å². The molecule has 1 aromatic heterocycles. The van der Waals surface area contributed by atoms with Crippen LogP contribution in [-0.4, -0.2) is 56.4 Å². The van der Waals surface area contributed by atoms with Crippen molar-refractivity contribution in [1.29, 1.82) is 0 Å². The lowest BCUT2D eigenvalue weighted by molar-refractivity contribution is -0.217. The van der Waals surface area contributed by atoms with E-state index in [2.05, 4.69) is 9.72 Å². The Labute approximate surface area is 156 Å². The van der Waals surface area contributed by atoms with E-state index >= 15 is 4.39 Å². The number of hydrogen-bond acceptors (Lipinski definition) is 8. The number of halogens is 1. The fourth-order valence-corrected chi connectivity index (χ4v) is 2.37. The molecular formula is C15H22FN3O6S. The summed E-state index contributed by atoms with van der Waals surface area (Å²) >= 11 is 4.90. The van der Waals surface area contributed by atoms with Gasteiger partial charge in [0.05, 0.1) is 2.74 Å². The molecule has 0 aliphatic carbocycles. The van der Waals surface area contributed by atoms with Gasteiger partial charge in [-0.15, -0.1) is 0 Å². The Morgan fingerprint density at radius 1 is 1.65 bits per heavy atom. The van der Waals surface area contributed by atoms with Gasteiger partial charge in [-0.3, -0.25) is 14.3 Å². The van der Waals surface area contributed by atoms with Crippen LogP contribution in [0.3, 0.4) is 0 Å². The van der Waals surface area contributed by atoms with Crippen molar-refractivity contribution in [3.63, 3.8) is 0 Å². The first-order chi connectivity index (χ1) is 12.7. The molecule has 1 aromatic rings. The maximum absolute atomic E-state index is 15.3. The number of H-pyrrole nitrogens is 1. The van der Waals surface area contributed by atoms with Crippen LogP contribution in [0.4, 0.5) is 4.39 Å². The molecule has 146 valence electrons. The topological polar surface area (TPSA) is 140 Å². The van der Waals surface area contributed by atoms with E-state index in [1.54, 1.807) is 13.8 Å². The van der Waals surface area contributed by atoms with Crippen LogP contribution in [0.5, 0.6) is 0 Å². The average molecular weight is 393 g/mol. The highest BCUT2D eigenvalue weighted by Gasteiger charge is 2.57. The highest BCUT2D eigenvalue weighted by atomic mass is 32.1. The van der Waals surface area contributed by atoms with Crippen molar-refractivity contribution in [2.75, 3.05) is 6.56 Å². The summed E-state index contributed by atoms with van der Waals surface area (Å²) < 4.78 is 41.1. The minimum atomic E-state index is -3.68. The van der Waals surface area contributed by atoms with Gasteiger partial charge in [0, 0.05) is 11.8 Å². The first-order valence-electron chi connectivity index (χ1n) is 8.76. The number of aliphatic hydroxyl groups is 2. The first kappa shape index (κ1) is 17.7. The number of ether oxygens (including phenoxy) is 2. The van der Waals surface area contributed by atoms with Gasteiger partial charge in [0.1, 0.15) is 22.9 Å². The molecule has 0 radical (unpaired) electrons. The zero-order valence-electron chi connectivity index (χ0n) is 16.3. The monoisotopic (exact) mass is 393 g/mol. The van der Waals surface area contributed by atoms with E-state index in [-0.39, 0.29) is 4.64 Å². The van der Waals surface area contributed by atoms with E-state index in [1.807, 2.05) is 0 Å². The molecule has 1 saturated heterocycles. The molecule has 1 aliphatic heterocycles. The lowest BCUT2D eigenvalue weighted by atomic mass is 10.1. The lowest BCUT2D eigenvalue weighted by Crippen LogP contribution is -2.46. The van der Waals surface area contributed by atoms with Crippen molar-refractivity contribution in [2.45, 2.75) is 51.1 Å². The van der Waals surface area contributed by atoms with Crippen LogP contribution in [0, 0.1) is 17.5 Å². The fourth-order valence-electron chi connectivity index (χ4n) is 2.23. The van der Waals surface area contributed by atoms with Crippen molar-refractivity contribution in [3.8, 4) is 0 Å². The Hall–Kier alpha value is -1.66. The third-order valence-corrected chi connectivity index (χ3v) is 4.41. The Morgan fingerprint density at radius 2 is 2.27 bits per heavy atom. The fraction of sp³-hybridized carbons (Fsp3) is 0.667. The minimum absolute atomic E-state index is 0.104. The maximum Gasteiger partial charge on any atom is 0.328 e. The molecule has 0 unspecified atom stereocenters. The molecule has 0 bridgehead atoms. The van der Waals surface area contributed by atoms with Crippen molar-refractivity contribution in [3.05, 3.63) is 26.9 Å². The van der Waals surface area contributed by atoms with Crippen LogP contribution in [0.15, 0.2) is 11.0 Å². The largest absolute Gasteiger partial charge is 0.458 e. The summed E-state index contributed by atoms with van der Waals surface area (Å²) in [6.45, 7) is 1.15. The van der Waals surface area contributed by atoms with E-state index in [0.29, 0.717) is 5.56 Å². The number of nitrogens with zero attached hydrogens (tertiary/aromatic N) is 1. The Kier molecular flexibility index (Phi) is 5.14. The second kappa shape index (κ2) is 7.53. The second-order valence-electron chi connectivity index (χ2n) is 6.36. The van der Waals surface area contributed by atoms with Gasteiger partial charge in [-0.1, -0.05) is 26.1 Å². The standard InChI is InChI=1S/C15H22FN3O6S/c1-6(2)8(17)13(22)24-5-15(16)10(21)9(20)12(25-15)19-4-7(3)11(26)18-14(19)23/h4,6,8-10,12,20-21H,5,17H2,1-3H3,(H,18,23,26)/t8-,9+,10-,12+,15+/m0/s1/i5D2. The summed E-state index contributed by atoms with van der Waals surface area (Å²) in [6.07, 6.45) is -5.19. The van der Waals surface area contributed by atoms with Gasteiger partial charge >= 0.3 is 11.7 Å². The highest BCUT2D eigenvalue weighted by molar-refractivity contribution is 7.71. The van der Waals surface area contributed by atoms with Gasteiger partial charge in [-0.25, -0.2) is 9.18 Å². The minimum Gasteiger partial charge on any atom is -0.458 e. The van der Waals surface area contributed by atoms with E-state index in [4.69, 9.17) is 25.4 Å². The summed E-state index contributed by atoms with van der Waals surface area (Å²) in [5.74, 6) is -5.37. The number of aryl methyl sites for hydroxylation is 1. The number of carbonyl (C=O) groups excluding carboxylic acids is 1. The third-order valence-electron chi connectivity index (χ3n) is 3.99. The van der Waals surface area contributed by atoms with E-state index in [0.717, 1.165) is 10.8 Å². The Balaban J connectivity index is 2.38. The molecule has 2 heterocycles. The van der Waals surface area contributed by atoms with E-state index < -0.39 is 54.5 Å². The molecular weight excluding hydrogens is 369 g/mol. The number of aromatic amines is 1. The molecule has 0 aromatic carbocycles. The average Bonchev–Trinajstić information content (AvgIpc) is 2.82. The number of hydrogen-bond donors (Lipinski definition) is 4. The smallest absolute Gasteiger partial charge is 0.328 e. The quantitative estimate of drug-likeness (QED) is 0.393. The van der Waals surface area contributed by atoms with Crippen LogP contribution in [0.1, 0.15) is 28.4 Å². The van der Waals surface area contributed by atoms with E-state index in [1.165, 1.54) is 6.92 Å². The lowest BCUT2D eigenvalue weighted by Gasteiger charge is -2.24. The van der Waals surface area contributed by atoms with Crippen LogP contribution in [0.2, 0.25) is 0 Å². The Bertz CT molecular complexity index is 878. The normalized spacial score (nSPS) is 31.5. The summed E-state index contributed by atoms with van der Waals surface area (Å²) in [4.78, 5) is 26.3. The number of carbonyl (C=O) groups is 1. The predicted molar refractivity (Wildman–Crippen MR) is 90.4 cm³/mol. The number of nitrogens with two attached hydrogens (primary N) is 1. The van der Waals surface area contributed by atoms with Gasteiger partial charge in [0.25, 0.3) is 5.85 Å². The van der Waals surface area contributed by atoms with Crippen LogP contribution >= 0.6 is 12.2 Å². The molecule has 1 fully saturated rings.